The monoisotopic (exact) mass is 285 g/mol. The Bertz CT molecular complexity index is 539. The second-order valence-electron chi connectivity index (χ2n) is 4.58. The topological polar surface area (TPSA) is 84.7 Å². The van der Waals surface area contributed by atoms with E-state index < -0.39 is 10.0 Å². The zero-order valence-electron chi connectivity index (χ0n) is 10.9. The zero-order valence-corrected chi connectivity index (χ0v) is 11.7. The second kappa shape index (κ2) is 5.77. The van der Waals surface area contributed by atoms with E-state index in [0.717, 1.165) is 30.6 Å². The first-order chi connectivity index (χ1) is 8.96. The summed E-state index contributed by atoms with van der Waals surface area (Å²) in [6.07, 6.45) is 1.13. The molecule has 1 aliphatic heterocycles. The Morgan fingerprint density at radius 2 is 2.05 bits per heavy atom. The molecule has 1 aromatic carbocycles. The summed E-state index contributed by atoms with van der Waals surface area (Å²) in [6, 6.07) is 5.69. The number of rotatable bonds is 4. The average Bonchev–Trinajstić information content (AvgIpc) is 2.38. The van der Waals surface area contributed by atoms with Crippen LogP contribution in [0, 0.1) is 0 Å². The standard InChI is InChI=1S/C12H19N3O3S/c1-19(16,17)14-9-10-8-11(2-3-12(10)13)15-4-6-18-7-5-15/h2-3,8,14H,4-7,9,13H2,1H3. The SMILES string of the molecule is CS(=O)(=O)NCc1cc(N2CCOCC2)ccc1N. The van der Waals surface area contributed by atoms with Crippen molar-refractivity contribution in [2.45, 2.75) is 6.54 Å². The van der Waals surface area contributed by atoms with Gasteiger partial charge in [-0.2, -0.15) is 0 Å². The van der Waals surface area contributed by atoms with Crippen LogP contribution in [0.4, 0.5) is 11.4 Å². The van der Waals surface area contributed by atoms with Crippen LogP contribution in [0.25, 0.3) is 0 Å². The molecule has 0 aliphatic carbocycles. The summed E-state index contributed by atoms with van der Waals surface area (Å²) in [7, 11) is -3.22. The number of anilines is 2. The van der Waals surface area contributed by atoms with E-state index in [0.29, 0.717) is 18.9 Å². The first kappa shape index (κ1) is 14.1. The summed E-state index contributed by atoms with van der Waals surface area (Å²) >= 11 is 0. The lowest BCUT2D eigenvalue weighted by atomic mass is 10.1. The molecular weight excluding hydrogens is 266 g/mol. The van der Waals surface area contributed by atoms with E-state index in [1.54, 1.807) is 0 Å². The van der Waals surface area contributed by atoms with E-state index in [4.69, 9.17) is 10.5 Å². The molecule has 106 valence electrons. The van der Waals surface area contributed by atoms with Gasteiger partial charge >= 0.3 is 0 Å². The van der Waals surface area contributed by atoms with Gasteiger partial charge < -0.3 is 15.4 Å². The number of nitrogens with two attached hydrogens (primary N) is 1. The molecule has 0 bridgehead atoms. The fourth-order valence-electron chi connectivity index (χ4n) is 1.97. The van der Waals surface area contributed by atoms with Crippen molar-refractivity contribution in [2.75, 3.05) is 43.2 Å². The van der Waals surface area contributed by atoms with Gasteiger partial charge in [0.25, 0.3) is 0 Å². The number of ether oxygens (including phenoxy) is 1. The van der Waals surface area contributed by atoms with Gasteiger partial charge in [0.2, 0.25) is 10.0 Å². The molecule has 0 unspecified atom stereocenters. The summed E-state index contributed by atoms with van der Waals surface area (Å²) in [5.41, 5.74) is 8.29. The largest absolute Gasteiger partial charge is 0.398 e. The van der Waals surface area contributed by atoms with Crippen LogP contribution in [0.15, 0.2) is 18.2 Å². The van der Waals surface area contributed by atoms with Gasteiger partial charge in [-0.3, -0.25) is 0 Å². The second-order valence-corrected chi connectivity index (χ2v) is 6.41. The Morgan fingerprint density at radius 3 is 2.68 bits per heavy atom. The zero-order chi connectivity index (χ0) is 13.9. The maximum Gasteiger partial charge on any atom is 0.209 e. The molecule has 6 nitrogen and oxygen atoms in total. The van der Waals surface area contributed by atoms with E-state index in [1.807, 2.05) is 18.2 Å². The van der Waals surface area contributed by atoms with E-state index in [-0.39, 0.29) is 6.54 Å². The Hall–Kier alpha value is -1.31. The number of nitrogen functional groups attached to an aromatic ring is 1. The Labute approximate surface area is 113 Å². The lowest BCUT2D eigenvalue weighted by Gasteiger charge is -2.29. The van der Waals surface area contributed by atoms with Gasteiger partial charge in [0.15, 0.2) is 0 Å². The highest BCUT2D eigenvalue weighted by Crippen LogP contribution is 2.22. The minimum absolute atomic E-state index is 0.211. The summed E-state index contributed by atoms with van der Waals surface area (Å²) in [4.78, 5) is 2.20. The molecule has 1 heterocycles. The van der Waals surface area contributed by atoms with Crippen molar-refractivity contribution in [1.82, 2.24) is 4.72 Å². The number of nitrogens with zero attached hydrogens (tertiary/aromatic N) is 1. The fraction of sp³-hybridized carbons (Fsp3) is 0.500. The normalized spacial score (nSPS) is 16.6. The van der Waals surface area contributed by atoms with E-state index in [1.165, 1.54) is 0 Å². The van der Waals surface area contributed by atoms with Crippen LogP contribution < -0.4 is 15.4 Å². The van der Waals surface area contributed by atoms with E-state index in [2.05, 4.69) is 9.62 Å². The number of nitrogens with one attached hydrogen (secondary N) is 1. The lowest BCUT2D eigenvalue weighted by Crippen LogP contribution is -2.36. The number of benzene rings is 1. The first-order valence-corrected chi connectivity index (χ1v) is 8.00. The van der Waals surface area contributed by atoms with Gasteiger partial charge in [0.05, 0.1) is 19.5 Å². The molecule has 0 aromatic heterocycles. The highest BCUT2D eigenvalue weighted by molar-refractivity contribution is 7.88. The third-order valence-corrected chi connectivity index (χ3v) is 3.70. The van der Waals surface area contributed by atoms with Crippen LogP contribution in [0.2, 0.25) is 0 Å². The van der Waals surface area contributed by atoms with Crippen LogP contribution in [-0.4, -0.2) is 41.0 Å². The maximum atomic E-state index is 11.1. The predicted octanol–water partition coefficient (Wildman–Crippen LogP) is 0.155. The lowest BCUT2D eigenvalue weighted by molar-refractivity contribution is 0.122. The van der Waals surface area contributed by atoms with Crippen molar-refractivity contribution >= 4 is 21.4 Å². The van der Waals surface area contributed by atoms with E-state index >= 15 is 0 Å². The van der Waals surface area contributed by atoms with Crippen LogP contribution in [0.1, 0.15) is 5.56 Å². The highest BCUT2D eigenvalue weighted by Gasteiger charge is 2.13. The molecule has 0 spiro atoms. The fourth-order valence-corrected chi connectivity index (χ4v) is 2.39. The molecular formula is C12H19N3O3S. The summed E-state index contributed by atoms with van der Waals surface area (Å²) in [5.74, 6) is 0. The molecule has 19 heavy (non-hydrogen) atoms. The third kappa shape index (κ3) is 4.09. The summed E-state index contributed by atoms with van der Waals surface area (Å²) < 4.78 is 30.0. The highest BCUT2D eigenvalue weighted by atomic mass is 32.2. The van der Waals surface area contributed by atoms with Gasteiger partial charge in [0.1, 0.15) is 0 Å². The minimum Gasteiger partial charge on any atom is -0.398 e. The van der Waals surface area contributed by atoms with Gasteiger partial charge in [-0.05, 0) is 23.8 Å². The molecule has 3 N–H and O–H groups in total. The molecule has 0 atom stereocenters. The molecule has 0 amide bonds. The Balaban J connectivity index is 2.14. The van der Waals surface area contributed by atoms with Crippen molar-refractivity contribution < 1.29 is 13.2 Å². The molecule has 1 aliphatic rings. The van der Waals surface area contributed by atoms with Crippen molar-refractivity contribution in [3.8, 4) is 0 Å². The Kier molecular flexibility index (Phi) is 4.28. The molecule has 2 rings (SSSR count). The van der Waals surface area contributed by atoms with Crippen LogP contribution in [-0.2, 0) is 21.3 Å². The van der Waals surface area contributed by atoms with Gasteiger partial charge in [-0.1, -0.05) is 0 Å². The molecule has 1 saturated heterocycles. The minimum atomic E-state index is -3.22. The third-order valence-electron chi connectivity index (χ3n) is 3.03. The van der Waals surface area contributed by atoms with Gasteiger partial charge in [-0.15, -0.1) is 0 Å². The van der Waals surface area contributed by atoms with Crippen LogP contribution in [0.5, 0.6) is 0 Å². The molecule has 1 fully saturated rings. The Morgan fingerprint density at radius 1 is 1.37 bits per heavy atom. The van der Waals surface area contributed by atoms with Crippen molar-refractivity contribution in [1.29, 1.82) is 0 Å². The van der Waals surface area contributed by atoms with Crippen molar-refractivity contribution in [3.63, 3.8) is 0 Å². The number of morpholine rings is 1. The molecule has 1 aromatic rings. The average molecular weight is 285 g/mol. The van der Waals surface area contributed by atoms with Crippen LogP contribution >= 0.6 is 0 Å². The van der Waals surface area contributed by atoms with Crippen molar-refractivity contribution in [3.05, 3.63) is 23.8 Å². The number of hydrogen-bond donors (Lipinski definition) is 2. The quantitative estimate of drug-likeness (QED) is 0.770. The van der Waals surface area contributed by atoms with Gasteiger partial charge in [-0.25, -0.2) is 13.1 Å². The summed E-state index contributed by atoms with van der Waals surface area (Å²) in [6.45, 7) is 3.30. The summed E-state index contributed by atoms with van der Waals surface area (Å²) in [5, 5.41) is 0. The number of hydrogen-bond acceptors (Lipinski definition) is 5. The smallest absolute Gasteiger partial charge is 0.209 e. The van der Waals surface area contributed by atoms with Crippen molar-refractivity contribution in [2.24, 2.45) is 0 Å². The first-order valence-electron chi connectivity index (χ1n) is 6.11. The molecule has 7 heteroatoms. The number of sulfonamides is 1. The van der Waals surface area contributed by atoms with Crippen LogP contribution in [0.3, 0.4) is 0 Å². The molecule has 0 radical (unpaired) electrons. The maximum absolute atomic E-state index is 11.1. The predicted molar refractivity (Wildman–Crippen MR) is 75.6 cm³/mol. The molecule has 0 saturated carbocycles. The van der Waals surface area contributed by atoms with Gasteiger partial charge in [0, 0.05) is 31.0 Å². The van der Waals surface area contributed by atoms with E-state index in [9.17, 15) is 8.42 Å².